The molecule has 0 saturated carbocycles. The van der Waals surface area contributed by atoms with Gasteiger partial charge in [-0.15, -0.1) is 0 Å². The first-order valence-corrected chi connectivity index (χ1v) is 5.38. The molecule has 0 fully saturated rings. The second kappa shape index (κ2) is 3.92. The highest BCUT2D eigenvalue weighted by Crippen LogP contribution is 2.40. The van der Waals surface area contributed by atoms with Gasteiger partial charge in [0, 0.05) is 16.5 Å². The van der Waals surface area contributed by atoms with Crippen molar-refractivity contribution in [3.63, 3.8) is 0 Å². The first kappa shape index (κ1) is 11.7. The zero-order valence-electron chi connectivity index (χ0n) is 7.96. The van der Waals surface area contributed by atoms with E-state index in [2.05, 4.69) is 15.9 Å². The van der Waals surface area contributed by atoms with Crippen LogP contribution < -0.4 is 4.74 Å². The van der Waals surface area contributed by atoms with Crippen molar-refractivity contribution in [3.8, 4) is 5.75 Å². The van der Waals surface area contributed by atoms with Crippen molar-refractivity contribution in [2.45, 2.75) is 24.8 Å². The minimum atomic E-state index is -4.45. The van der Waals surface area contributed by atoms with Crippen LogP contribution in [0, 0.1) is 0 Å². The molecule has 0 bridgehead atoms. The Hall–Kier alpha value is -0.750. The molecule has 1 heterocycles. The molecule has 2 rings (SSSR count). The summed E-state index contributed by atoms with van der Waals surface area (Å²) in [6, 6.07) is 4.55. The Bertz CT molecular complexity index is 406. The minimum Gasteiger partial charge on any atom is -0.480 e. The van der Waals surface area contributed by atoms with E-state index in [1.54, 1.807) is 12.1 Å². The van der Waals surface area contributed by atoms with Crippen molar-refractivity contribution in [2.75, 3.05) is 0 Å². The van der Waals surface area contributed by atoms with E-state index in [-0.39, 0.29) is 5.75 Å². The Balaban J connectivity index is 2.34. The molecule has 0 saturated heterocycles. The summed E-state index contributed by atoms with van der Waals surface area (Å²) in [6.07, 6.45) is -8.00. The molecule has 2 nitrogen and oxygen atoms in total. The normalized spacial score (nSPS) is 24.8. The molecular formula is C10H8BrF3O2. The number of aliphatic hydroxyl groups excluding tert-OH is 1. The van der Waals surface area contributed by atoms with Crippen LogP contribution in [-0.2, 0) is 0 Å². The molecule has 1 aromatic carbocycles. The van der Waals surface area contributed by atoms with Crippen molar-refractivity contribution in [1.82, 2.24) is 0 Å². The lowest BCUT2D eigenvalue weighted by Crippen LogP contribution is -2.38. The van der Waals surface area contributed by atoms with Gasteiger partial charge in [-0.1, -0.05) is 15.9 Å². The Labute approximate surface area is 98.2 Å². The maximum Gasteiger partial charge on any atom is 0.425 e. The molecule has 6 heteroatoms. The highest BCUT2D eigenvalue weighted by Gasteiger charge is 2.45. The molecule has 0 amide bonds. The lowest BCUT2D eigenvalue weighted by molar-refractivity contribution is -0.207. The third kappa shape index (κ3) is 2.17. The summed E-state index contributed by atoms with van der Waals surface area (Å²) < 4.78 is 42.8. The molecule has 0 aromatic heterocycles. The number of hydrogen-bond acceptors (Lipinski definition) is 2. The van der Waals surface area contributed by atoms with E-state index in [1.165, 1.54) is 6.07 Å². The lowest BCUT2D eigenvalue weighted by atomic mass is 9.99. The Kier molecular flexibility index (Phi) is 2.88. The van der Waals surface area contributed by atoms with Gasteiger partial charge in [-0.05, 0) is 18.2 Å². The highest BCUT2D eigenvalue weighted by molar-refractivity contribution is 9.10. The topological polar surface area (TPSA) is 29.5 Å². The van der Waals surface area contributed by atoms with Gasteiger partial charge >= 0.3 is 6.18 Å². The second-order valence-electron chi connectivity index (χ2n) is 3.58. The van der Waals surface area contributed by atoms with Crippen molar-refractivity contribution in [1.29, 1.82) is 0 Å². The fraction of sp³-hybridized carbons (Fsp3) is 0.400. The van der Waals surface area contributed by atoms with E-state index in [1.807, 2.05) is 0 Å². The number of rotatable bonds is 0. The summed E-state index contributed by atoms with van der Waals surface area (Å²) >= 11 is 3.18. The Morgan fingerprint density at radius 1 is 1.38 bits per heavy atom. The van der Waals surface area contributed by atoms with Gasteiger partial charge in [0.2, 0.25) is 0 Å². The van der Waals surface area contributed by atoms with Crippen LogP contribution in [0.5, 0.6) is 5.75 Å². The summed E-state index contributed by atoms with van der Waals surface area (Å²) in [5, 5.41) is 9.62. The SMILES string of the molecule is O[C@H]1C[C@@H](C(F)(F)F)Oc2ccc(Br)cc21. The zero-order valence-corrected chi connectivity index (χ0v) is 9.55. The summed E-state index contributed by atoms with van der Waals surface area (Å²) in [7, 11) is 0. The van der Waals surface area contributed by atoms with E-state index in [0.29, 0.717) is 10.0 Å². The molecule has 1 aromatic rings. The average molecular weight is 297 g/mol. The lowest BCUT2D eigenvalue weighted by Gasteiger charge is -2.30. The average Bonchev–Trinajstić information content (AvgIpc) is 2.17. The molecule has 1 aliphatic rings. The van der Waals surface area contributed by atoms with E-state index in [4.69, 9.17) is 4.74 Å². The number of aliphatic hydroxyl groups is 1. The standard InChI is InChI=1S/C10H8BrF3O2/c11-5-1-2-8-6(3-5)7(15)4-9(16-8)10(12,13)14/h1-3,7,9,15H,4H2/t7-,9-/m0/s1. The molecule has 1 N–H and O–H groups in total. The van der Waals surface area contributed by atoms with Gasteiger partial charge in [0.15, 0.2) is 6.10 Å². The monoisotopic (exact) mass is 296 g/mol. The smallest absolute Gasteiger partial charge is 0.425 e. The Morgan fingerprint density at radius 2 is 2.06 bits per heavy atom. The third-order valence-corrected chi connectivity index (χ3v) is 2.90. The van der Waals surface area contributed by atoms with Crippen LogP contribution in [0.1, 0.15) is 18.1 Å². The Morgan fingerprint density at radius 3 is 2.69 bits per heavy atom. The fourth-order valence-corrected chi connectivity index (χ4v) is 2.00. The quantitative estimate of drug-likeness (QED) is 0.797. The van der Waals surface area contributed by atoms with E-state index >= 15 is 0 Å². The van der Waals surface area contributed by atoms with Crippen LogP contribution in [0.15, 0.2) is 22.7 Å². The first-order valence-electron chi connectivity index (χ1n) is 4.59. The number of ether oxygens (including phenoxy) is 1. The number of halogens is 4. The molecule has 16 heavy (non-hydrogen) atoms. The van der Waals surface area contributed by atoms with Crippen LogP contribution in [0.25, 0.3) is 0 Å². The van der Waals surface area contributed by atoms with Crippen molar-refractivity contribution in [3.05, 3.63) is 28.2 Å². The van der Waals surface area contributed by atoms with Crippen LogP contribution >= 0.6 is 15.9 Å². The number of benzene rings is 1. The van der Waals surface area contributed by atoms with Crippen LogP contribution in [-0.4, -0.2) is 17.4 Å². The summed E-state index contributed by atoms with van der Waals surface area (Å²) in [4.78, 5) is 0. The number of fused-ring (bicyclic) bond motifs is 1. The molecule has 1 aliphatic heterocycles. The second-order valence-corrected chi connectivity index (χ2v) is 4.50. The van der Waals surface area contributed by atoms with Gasteiger partial charge in [-0.3, -0.25) is 0 Å². The van der Waals surface area contributed by atoms with Gasteiger partial charge in [-0.2, -0.15) is 13.2 Å². The molecular weight excluding hydrogens is 289 g/mol. The largest absolute Gasteiger partial charge is 0.480 e. The summed E-state index contributed by atoms with van der Waals surface area (Å²) in [5.74, 6) is 0.0873. The van der Waals surface area contributed by atoms with E-state index < -0.39 is 24.8 Å². The van der Waals surface area contributed by atoms with Gasteiger partial charge in [0.1, 0.15) is 5.75 Å². The van der Waals surface area contributed by atoms with Crippen LogP contribution in [0.2, 0.25) is 0 Å². The number of hydrogen-bond donors (Lipinski definition) is 1. The summed E-state index contributed by atoms with van der Waals surface area (Å²) in [5.41, 5.74) is 0.384. The molecule has 0 radical (unpaired) electrons. The van der Waals surface area contributed by atoms with Crippen molar-refractivity contribution in [2.24, 2.45) is 0 Å². The zero-order chi connectivity index (χ0) is 11.9. The minimum absolute atomic E-state index is 0.0873. The van der Waals surface area contributed by atoms with E-state index in [0.717, 1.165) is 0 Å². The molecule has 88 valence electrons. The molecule has 0 unspecified atom stereocenters. The maximum absolute atomic E-state index is 12.4. The first-order chi connectivity index (χ1) is 7.38. The highest BCUT2D eigenvalue weighted by atomic mass is 79.9. The predicted octanol–water partition coefficient (Wildman–Crippen LogP) is 3.20. The van der Waals surface area contributed by atoms with Gasteiger partial charge in [-0.25, -0.2) is 0 Å². The van der Waals surface area contributed by atoms with Gasteiger partial charge in [0.05, 0.1) is 6.10 Å². The molecule has 0 aliphatic carbocycles. The fourth-order valence-electron chi connectivity index (χ4n) is 1.62. The molecule has 0 spiro atoms. The maximum atomic E-state index is 12.4. The predicted molar refractivity (Wildman–Crippen MR) is 54.2 cm³/mol. The third-order valence-electron chi connectivity index (χ3n) is 2.40. The molecule has 2 atom stereocenters. The van der Waals surface area contributed by atoms with Gasteiger partial charge in [0.25, 0.3) is 0 Å². The number of alkyl halides is 3. The van der Waals surface area contributed by atoms with Crippen molar-refractivity contribution >= 4 is 15.9 Å². The summed E-state index contributed by atoms with van der Waals surface area (Å²) in [6.45, 7) is 0. The van der Waals surface area contributed by atoms with E-state index in [9.17, 15) is 18.3 Å². The van der Waals surface area contributed by atoms with Crippen LogP contribution in [0.4, 0.5) is 13.2 Å². The van der Waals surface area contributed by atoms with Crippen LogP contribution in [0.3, 0.4) is 0 Å². The van der Waals surface area contributed by atoms with Crippen molar-refractivity contribution < 1.29 is 23.0 Å². The van der Waals surface area contributed by atoms with Gasteiger partial charge < -0.3 is 9.84 Å².